The van der Waals surface area contributed by atoms with Crippen LogP contribution in [0.25, 0.3) is 10.8 Å². The van der Waals surface area contributed by atoms with Crippen molar-refractivity contribution in [3.63, 3.8) is 0 Å². The standard InChI is InChI=1S/C20H25NO2/c1-21(15-8-4-2-3-5-14-20(22)23)16-18-12-9-11-17-10-6-7-13-19(17)18/h4,6-13H,2-3,5,14-16H2,1H3,(H,22,23)/b8-4+. The lowest BCUT2D eigenvalue weighted by molar-refractivity contribution is -0.137. The number of carbonyl (C=O) groups is 1. The molecule has 122 valence electrons. The van der Waals surface area contributed by atoms with Gasteiger partial charge in [0.1, 0.15) is 0 Å². The highest BCUT2D eigenvalue weighted by molar-refractivity contribution is 5.85. The zero-order valence-electron chi connectivity index (χ0n) is 13.7. The molecule has 0 aromatic heterocycles. The van der Waals surface area contributed by atoms with Crippen molar-refractivity contribution in [1.82, 2.24) is 4.90 Å². The van der Waals surface area contributed by atoms with E-state index in [0.29, 0.717) is 0 Å². The van der Waals surface area contributed by atoms with Crippen LogP contribution in [-0.4, -0.2) is 29.6 Å². The molecule has 2 aromatic rings. The monoisotopic (exact) mass is 311 g/mol. The molecule has 0 aliphatic rings. The fourth-order valence-corrected chi connectivity index (χ4v) is 2.70. The van der Waals surface area contributed by atoms with Crippen molar-refractivity contribution in [3.8, 4) is 0 Å². The predicted octanol–water partition coefficient (Wildman–Crippen LogP) is 4.47. The zero-order chi connectivity index (χ0) is 16.5. The van der Waals surface area contributed by atoms with E-state index in [-0.39, 0.29) is 6.42 Å². The molecule has 0 radical (unpaired) electrons. The number of unbranched alkanes of at least 4 members (excludes halogenated alkanes) is 2. The van der Waals surface area contributed by atoms with Gasteiger partial charge in [-0.1, -0.05) is 54.6 Å². The number of hydrogen-bond donors (Lipinski definition) is 1. The first-order valence-electron chi connectivity index (χ1n) is 8.19. The predicted molar refractivity (Wildman–Crippen MR) is 95.5 cm³/mol. The highest BCUT2D eigenvalue weighted by Gasteiger charge is 2.03. The summed E-state index contributed by atoms with van der Waals surface area (Å²) in [6.07, 6.45) is 7.25. The molecular weight excluding hydrogens is 286 g/mol. The molecule has 3 heteroatoms. The van der Waals surface area contributed by atoms with Crippen LogP contribution in [0.2, 0.25) is 0 Å². The van der Waals surface area contributed by atoms with Gasteiger partial charge in [-0.3, -0.25) is 9.69 Å². The van der Waals surface area contributed by atoms with Crippen LogP contribution in [0.1, 0.15) is 31.2 Å². The van der Waals surface area contributed by atoms with Crippen LogP contribution >= 0.6 is 0 Å². The normalized spacial score (nSPS) is 11.6. The van der Waals surface area contributed by atoms with E-state index in [4.69, 9.17) is 5.11 Å². The summed E-state index contributed by atoms with van der Waals surface area (Å²) in [5.74, 6) is -0.705. The molecule has 0 bridgehead atoms. The summed E-state index contributed by atoms with van der Waals surface area (Å²) in [7, 11) is 2.12. The number of carboxylic acids is 1. The van der Waals surface area contributed by atoms with Crippen molar-refractivity contribution in [2.24, 2.45) is 0 Å². The smallest absolute Gasteiger partial charge is 0.303 e. The maximum atomic E-state index is 10.4. The van der Waals surface area contributed by atoms with Gasteiger partial charge in [-0.15, -0.1) is 0 Å². The second kappa shape index (κ2) is 9.11. The molecule has 1 N–H and O–H groups in total. The largest absolute Gasteiger partial charge is 0.481 e. The molecule has 0 saturated carbocycles. The Morgan fingerprint density at radius 1 is 1.09 bits per heavy atom. The van der Waals surface area contributed by atoms with Crippen molar-refractivity contribution < 1.29 is 9.90 Å². The first kappa shape index (κ1) is 17.2. The Hall–Kier alpha value is -2.13. The topological polar surface area (TPSA) is 40.5 Å². The van der Waals surface area contributed by atoms with E-state index in [1.807, 2.05) is 0 Å². The van der Waals surface area contributed by atoms with Gasteiger partial charge in [0.05, 0.1) is 0 Å². The fourth-order valence-electron chi connectivity index (χ4n) is 2.70. The van der Waals surface area contributed by atoms with Crippen molar-refractivity contribution in [2.45, 2.75) is 32.2 Å². The Balaban J connectivity index is 1.78. The number of nitrogens with zero attached hydrogens (tertiary/aromatic N) is 1. The van der Waals surface area contributed by atoms with Crippen LogP contribution in [0.4, 0.5) is 0 Å². The summed E-state index contributed by atoms with van der Waals surface area (Å²) in [6.45, 7) is 1.83. The zero-order valence-corrected chi connectivity index (χ0v) is 13.7. The number of likely N-dealkylation sites (N-methyl/N-ethyl adjacent to an activating group) is 1. The highest BCUT2D eigenvalue weighted by atomic mass is 16.4. The number of carboxylic acid groups (broad SMARTS) is 1. The van der Waals surface area contributed by atoms with Crippen molar-refractivity contribution >= 4 is 16.7 Å². The Labute approximate surface area is 138 Å². The van der Waals surface area contributed by atoms with Crippen LogP contribution in [0, 0.1) is 0 Å². The van der Waals surface area contributed by atoms with Crippen LogP contribution in [-0.2, 0) is 11.3 Å². The Bertz CT molecular complexity index is 658. The van der Waals surface area contributed by atoms with Crippen molar-refractivity contribution in [1.29, 1.82) is 0 Å². The van der Waals surface area contributed by atoms with Gasteiger partial charge in [-0.2, -0.15) is 0 Å². The van der Waals surface area contributed by atoms with Crippen LogP contribution < -0.4 is 0 Å². The number of fused-ring (bicyclic) bond motifs is 1. The van der Waals surface area contributed by atoms with E-state index in [1.165, 1.54) is 16.3 Å². The van der Waals surface area contributed by atoms with Crippen molar-refractivity contribution in [2.75, 3.05) is 13.6 Å². The van der Waals surface area contributed by atoms with E-state index in [2.05, 4.69) is 66.6 Å². The van der Waals surface area contributed by atoms with E-state index < -0.39 is 5.97 Å². The summed E-state index contributed by atoms with van der Waals surface area (Å²) in [6, 6.07) is 14.9. The molecule has 0 fully saturated rings. The third-order valence-corrected chi connectivity index (χ3v) is 3.92. The molecule has 0 spiro atoms. The Kier molecular flexibility index (Phi) is 6.82. The van der Waals surface area contributed by atoms with Gasteiger partial charge in [-0.05, 0) is 42.6 Å². The molecule has 0 atom stereocenters. The third kappa shape index (κ3) is 5.87. The molecule has 0 amide bonds. The lowest BCUT2D eigenvalue weighted by atomic mass is 10.0. The van der Waals surface area contributed by atoms with E-state index in [0.717, 1.165) is 32.4 Å². The minimum Gasteiger partial charge on any atom is -0.481 e. The first-order valence-corrected chi connectivity index (χ1v) is 8.19. The van der Waals surface area contributed by atoms with E-state index in [9.17, 15) is 4.79 Å². The van der Waals surface area contributed by atoms with Crippen LogP contribution in [0.3, 0.4) is 0 Å². The molecule has 2 aromatic carbocycles. The van der Waals surface area contributed by atoms with Crippen molar-refractivity contribution in [3.05, 3.63) is 60.2 Å². The number of rotatable bonds is 9. The first-order chi connectivity index (χ1) is 11.2. The number of benzene rings is 2. The Morgan fingerprint density at radius 3 is 2.70 bits per heavy atom. The average Bonchev–Trinajstić information content (AvgIpc) is 2.54. The summed E-state index contributed by atoms with van der Waals surface area (Å²) >= 11 is 0. The fraction of sp³-hybridized carbons (Fsp3) is 0.350. The average molecular weight is 311 g/mol. The lowest BCUT2D eigenvalue weighted by Crippen LogP contribution is -2.17. The summed E-state index contributed by atoms with van der Waals surface area (Å²) < 4.78 is 0. The molecule has 23 heavy (non-hydrogen) atoms. The number of hydrogen-bond acceptors (Lipinski definition) is 2. The number of aliphatic carboxylic acids is 1. The van der Waals surface area contributed by atoms with Gasteiger partial charge in [-0.25, -0.2) is 0 Å². The minimum absolute atomic E-state index is 0.273. The lowest BCUT2D eigenvalue weighted by Gasteiger charge is -2.16. The molecule has 0 saturated heterocycles. The van der Waals surface area contributed by atoms with Gasteiger partial charge in [0.15, 0.2) is 0 Å². The number of allylic oxidation sites excluding steroid dienone is 1. The highest BCUT2D eigenvalue weighted by Crippen LogP contribution is 2.19. The second-order valence-electron chi connectivity index (χ2n) is 5.95. The summed E-state index contributed by atoms with van der Waals surface area (Å²) in [4.78, 5) is 12.7. The Morgan fingerprint density at radius 2 is 1.87 bits per heavy atom. The molecule has 0 aliphatic carbocycles. The van der Waals surface area contributed by atoms with Gasteiger partial charge in [0, 0.05) is 19.5 Å². The minimum atomic E-state index is -0.705. The summed E-state index contributed by atoms with van der Waals surface area (Å²) in [5, 5.41) is 11.2. The van der Waals surface area contributed by atoms with Crippen LogP contribution in [0.15, 0.2) is 54.6 Å². The van der Waals surface area contributed by atoms with Gasteiger partial charge in [0.25, 0.3) is 0 Å². The molecular formula is C20H25NO2. The molecule has 0 aliphatic heterocycles. The van der Waals surface area contributed by atoms with Gasteiger partial charge in [0.2, 0.25) is 0 Å². The van der Waals surface area contributed by atoms with E-state index >= 15 is 0 Å². The molecule has 0 unspecified atom stereocenters. The van der Waals surface area contributed by atoms with Crippen LogP contribution in [0.5, 0.6) is 0 Å². The molecule has 3 nitrogen and oxygen atoms in total. The molecule has 2 rings (SSSR count). The van der Waals surface area contributed by atoms with Gasteiger partial charge < -0.3 is 5.11 Å². The second-order valence-corrected chi connectivity index (χ2v) is 5.95. The summed E-state index contributed by atoms with van der Waals surface area (Å²) in [5.41, 5.74) is 1.35. The SMILES string of the molecule is CN(C/C=C/CCCCC(=O)O)Cc1cccc2ccccc12. The maximum Gasteiger partial charge on any atom is 0.303 e. The third-order valence-electron chi connectivity index (χ3n) is 3.92. The van der Waals surface area contributed by atoms with Gasteiger partial charge >= 0.3 is 5.97 Å². The molecule has 0 heterocycles. The maximum absolute atomic E-state index is 10.4. The quantitative estimate of drug-likeness (QED) is 0.548. The van der Waals surface area contributed by atoms with E-state index in [1.54, 1.807) is 0 Å².